The maximum Gasteiger partial charge on any atom is 0.246 e. The van der Waals surface area contributed by atoms with E-state index in [0.29, 0.717) is 18.1 Å². The molecule has 1 aliphatic carbocycles. The first-order chi connectivity index (χ1) is 9.25. The summed E-state index contributed by atoms with van der Waals surface area (Å²) >= 11 is 0. The molecule has 0 amide bonds. The predicted octanol–water partition coefficient (Wildman–Crippen LogP) is 1.38. The van der Waals surface area contributed by atoms with Crippen molar-refractivity contribution >= 4 is 10.0 Å². The van der Waals surface area contributed by atoms with Crippen molar-refractivity contribution in [3.8, 4) is 0 Å². The van der Waals surface area contributed by atoms with Crippen LogP contribution in [0.1, 0.15) is 31.7 Å². The van der Waals surface area contributed by atoms with E-state index in [-0.39, 0.29) is 28.4 Å². The first kappa shape index (κ1) is 14.0. The summed E-state index contributed by atoms with van der Waals surface area (Å²) in [5, 5.41) is 3.72. The molecule has 0 bridgehead atoms. The first-order valence-corrected chi connectivity index (χ1v) is 8.30. The average molecular weight is 300 g/mol. The molecule has 0 radical (unpaired) electrons. The number of fused-ring (bicyclic) bond motifs is 1. The van der Waals surface area contributed by atoms with E-state index in [9.17, 15) is 8.42 Å². The number of aryl methyl sites for hydroxylation is 2. The van der Waals surface area contributed by atoms with Crippen molar-refractivity contribution in [3.05, 3.63) is 11.5 Å². The molecule has 1 saturated heterocycles. The molecule has 20 heavy (non-hydrogen) atoms. The molecule has 1 aromatic rings. The van der Waals surface area contributed by atoms with Crippen LogP contribution in [0.4, 0.5) is 0 Å². The minimum absolute atomic E-state index is 0.103. The molecule has 1 aliphatic heterocycles. The lowest BCUT2D eigenvalue weighted by molar-refractivity contribution is -0.105. The summed E-state index contributed by atoms with van der Waals surface area (Å²) in [6.45, 7) is 8.04. The van der Waals surface area contributed by atoms with Gasteiger partial charge in [-0.1, -0.05) is 19.0 Å². The molecule has 0 spiro atoms. The Labute approximate surface area is 118 Å². The smallest absolute Gasteiger partial charge is 0.246 e. The van der Waals surface area contributed by atoms with Crippen LogP contribution in [0.5, 0.6) is 0 Å². The van der Waals surface area contributed by atoms with Crippen LogP contribution in [0.15, 0.2) is 9.42 Å². The van der Waals surface area contributed by atoms with Crippen molar-refractivity contribution in [2.75, 3.05) is 6.61 Å². The van der Waals surface area contributed by atoms with Crippen LogP contribution in [-0.4, -0.2) is 32.3 Å². The third-order valence-corrected chi connectivity index (χ3v) is 6.30. The number of nitrogens with one attached hydrogen (secondary N) is 1. The van der Waals surface area contributed by atoms with E-state index in [1.54, 1.807) is 13.8 Å². The van der Waals surface area contributed by atoms with Crippen LogP contribution in [0.3, 0.4) is 0 Å². The molecular formula is C13H20N2O4S. The Morgan fingerprint density at radius 2 is 2.05 bits per heavy atom. The molecule has 6 nitrogen and oxygen atoms in total. The lowest BCUT2D eigenvalue weighted by Gasteiger charge is -2.54. The van der Waals surface area contributed by atoms with Crippen molar-refractivity contribution in [2.45, 2.75) is 51.2 Å². The second-order valence-electron chi connectivity index (χ2n) is 6.32. The van der Waals surface area contributed by atoms with Gasteiger partial charge in [-0.25, -0.2) is 13.1 Å². The fourth-order valence-electron chi connectivity index (χ4n) is 3.65. The maximum absolute atomic E-state index is 12.6. The predicted molar refractivity (Wildman–Crippen MR) is 71.7 cm³/mol. The Kier molecular flexibility index (Phi) is 3.01. The van der Waals surface area contributed by atoms with Crippen LogP contribution in [0, 0.1) is 25.2 Å². The summed E-state index contributed by atoms with van der Waals surface area (Å²) in [6.07, 6.45) is 1.06. The summed E-state index contributed by atoms with van der Waals surface area (Å²) in [6, 6.07) is -0.103. The van der Waals surface area contributed by atoms with E-state index >= 15 is 0 Å². The Morgan fingerprint density at radius 1 is 1.35 bits per heavy atom. The number of aromatic nitrogens is 1. The van der Waals surface area contributed by atoms with Crippen LogP contribution in [-0.2, 0) is 14.8 Å². The Balaban J connectivity index is 1.88. The molecule has 1 N–H and O–H groups in total. The lowest BCUT2D eigenvalue weighted by Crippen LogP contribution is -2.66. The van der Waals surface area contributed by atoms with Gasteiger partial charge in [0.15, 0.2) is 5.76 Å². The normalized spacial score (nSPS) is 31.9. The van der Waals surface area contributed by atoms with Crippen molar-refractivity contribution in [2.24, 2.45) is 11.3 Å². The Bertz CT molecular complexity index is 615. The van der Waals surface area contributed by atoms with Crippen LogP contribution >= 0.6 is 0 Å². The third-order valence-electron chi connectivity index (χ3n) is 4.62. The van der Waals surface area contributed by atoms with Crippen LogP contribution in [0.2, 0.25) is 0 Å². The van der Waals surface area contributed by atoms with Gasteiger partial charge in [-0.15, -0.1) is 0 Å². The number of hydrogen-bond acceptors (Lipinski definition) is 5. The highest BCUT2D eigenvalue weighted by Crippen LogP contribution is 2.52. The standard InChI is InChI=1S/C13H20N2O4S/c1-7-10(8(2)19-14-7)20(16,17)15-11-9-5-6-18-12(9)13(11,3)4/h9,11-12,15H,5-6H2,1-4H3/t9-,11+,12+/m0/s1. The Hall–Kier alpha value is -0.920. The molecule has 112 valence electrons. The van der Waals surface area contributed by atoms with Gasteiger partial charge in [0, 0.05) is 24.0 Å². The van der Waals surface area contributed by atoms with E-state index in [1.165, 1.54) is 0 Å². The van der Waals surface area contributed by atoms with E-state index < -0.39 is 10.0 Å². The zero-order valence-corrected chi connectivity index (χ0v) is 13.0. The third kappa shape index (κ3) is 1.83. The molecule has 7 heteroatoms. The maximum atomic E-state index is 12.6. The zero-order chi connectivity index (χ0) is 14.7. The highest BCUT2D eigenvalue weighted by Gasteiger charge is 2.60. The number of nitrogens with zero attached hydrogens (tertiary/aromatic N) is 1. The van der Waals surface area contributed by atoms with Gasteiger partial charge in [0.2, 0.25) is 10.0 Å². The molecular weight excluding hydrogens is 280 g/mol. The molecule has 2 aliphatic rings. The van der Waals surface area contributed by atoms with Gasteiger partial charge in [0.1, 0.15) is 10.6 Å². The molecule has 1 saturated carbocycles. The van der Waals surface area contributed by atoms with Gasteiger partial charge >= 0.3 is 0 Å². The van der Waals surface area contributed by atoms with Crippen molar-refractivity contribution in [1.82, 2.24) is 9.88 Å². The first-order valence-electron chi connectivity index (χ1n) is 6.82. The average Bonchev–Trinajstić information content (AvgIpc) is 2.92. The van der Waals surface area contributed by atoms with Crippen LogP contribution < -0.4 is 4.72 Å². The van der Waals surface area contributed by atoms with Crippen LogP contribution in [0.25, 0.3) is 0 Å². The second kappa shape index (κ2) is 4.29. The SMILES string of the molecule is Cc1noc(C)c1S(=O)(=O)N[C@@H]1[C@@H]2CCO[C@H]2C1(C)C. The van der Waals surface area contributed by atoms with Crippen molar-refractivity contribution in [1.29, 1.82) is 0 Å². The molecule has 0 unspecified atom stereocenters. The molecule has 1 aromatic heterocycles. The van der Waals surface area contributed by atoms with Gasteiger partial charge in [0.25, 0.3) is 0 Å². The van der Waals surface area contributed by atoms with E-state index in [4.69, 9.17) is 9.26 Å². The lowest BCUT2D eigenvalue weighted by atomic mass is 9.58. The largest absolute Gasteiger partial charge is 0.377 e. The summed E-state index contributed by atoms with van der Waals surface area (Å²) in [7, 11) is -3.61. The summed E-state index contributed by atoms with van der Waals surface area (Å²) < 4.78 is 38.6. The Morgan fingerprint density at radius 3 is 2.65 bits per heavy atom. The topological polar surface area (TPSA) is 81.4 Å². The minimum Gasteiger partial charge on any atom is -0.377 e. The highest BCUT2D eigenvalue weighted by atomic mass is 32.2. The molecule has 3 rings (SSSR count). The molecule has 3 atom stereocenters. The quantitative estimate of drug-likeness (QED) is 0.912. The molecule has 0 aromatic carbocycles. The highest BCUT2D eigenvalue weighted by molar-refractivity contribution is 7.89. The summed E-state index contributed by atoms with van der Waals surface area (Å²) in [5.74, 6) is 0.589. The minimum atomic E-state index is -3.61. The van der Waals surface area contributed by atoms with Crippen molar-refractivity contribution < 1.29 is 17.7 Å². The monoisotopic (exact) mass is 300 g/mol. The van der Waals surface area contributed by atoms with E-state index in [1.807, 2.05) is 13.8 Å². The number of ether oxygens (including phenoxy) is 1. The van der Waals surface area contributed by atoms with Gasteiger partial charge < -0.3 is 9.26 Å². The van der Waals surface area contributed by atoms with Gasteiger partial charge in [-0.2, -0.15) is 0 Å². The number of sulfonamides is 1. The van der Waals surface area contributed by atoms with Crippen molar-refractivity contribution in [3.63, 3.8) is 0 Å². The molecule has 2 heterocycles. The summed E-state index contributed by atoms with van der Waals surface area (Å²) in [4.78, 5) is 0.163. The fourth-order valence-corrected chi connectivity index (χ4v) is 5.42. The number of rotatable bonds is 3. The zero-order valence-electron chi connectivity index (χ0n) is 12.1. The van der Waals surface area contributed by atoms with Gasteiger partial charge in [-0.05, 0) is 20.3 Å². The molecule has 2 fully saturated rings. The second-order valence-corrected chi connectivity index (χ2v) is 7.97. The number of hydrogen-bond donors (Lipinski definition) is 1. The van der Waals surface area contributed by atoms with Gasteiger partial charge in [-0.3, -0.25) is 0 Å². The van der Waals surface area contributed by atoms with E-state index in [0.717, 1.165) is 6.42 Å². The van der Waals surface area contributed by atoms with Gasteiger partial charge in [0.05, 0.1) is 6.10 Å². The fraction of sp³-hybridized carbons (Fsp3) is 0.769. The van der Waals surface area contributed by atoms with E-state index in [2.05, 4.69) is 9.88 Å². The summed E-state index contributed by atoms with van der Waals surface area (Å²) in [5.41, 5.74) is 0.207.